The summed E-state index contributed by atoms with van der Waals surface area (Å²) >= 11 is 0. The van der Waals surface area contributed by atoms with Gasteiger partial charge in [0, 0.05) is 26.8 Å². The van der Waals surface area contributed by atoms with E-state index in [1.54, 1.807) is 7.11 Å². The van der Waals surface area contributed by atoms with Crippen molar-refractivity contribution in [3.05, 3.63) is 0 Å². The van der Waals surface area contributed by atoms with Gasteiger partial charge in [0.25, 0.3) is 0 Å². The summed E-state index contributed by atoms with van der Waals surface area (Å²) in [6, 6.07) is 0. The van der Waals surface area contributed by atoms with E-state index in [2.05, 4.69) is 12.2 Å². The summed E-state index contributed by atoms with van der Waals surface area (Å²) in [5.41, 5.74) is 5.54. The summed E-state index contributed by atoms with van der Waals surface area (Å²) in [4.78, 5) is 0. The molecule has 0 fully saturated rings. The summed E-state index contributed by atoms with van der Waals surface area (Å²) in [5, 5.41) is 3.36. The van der Waals surface area contributed by atoms with Crippen molar-refractivity contribution in [1.82, 2.24) is 5.32 Å². The van der Waals surface area contributed by atoms with E-state index in [9.17, 15) is 0 Å². The first-order chi connectivity index (χ1) is 6.58. The van der Waals surface area contributed by atoms with Crippen LogP contribution < -0.4 is 11.1 Å². The van der Waals surface area contributed by atoms with Gasteiger partial charge in [-0.1, -0.05) is 0 Å². The number of rotatable bonds is 8. The normalized spacial score (nSPS) is 17.8. The van der Waals surface area contributed by atoms with Gasteiger partial charge >= 0.3 is 0 Å². The number of ether oxygens (including phenoxy) is 2. The Hall–Kier alpha value is -0.160. The Bertz CT molecular complexity index is 144. The predicted octanol–water partition coefficient (Wildman–Crippen LogP) is 0.365. The van der Waals surface area contributed by atoms with E-state index in [1.807, 2.05) is 13.8 Å². The van der Waals surface area contributed by atoms with Crippen molar-refractivity contribution in [3.63, 3.8) is 0 Å². The first kappa shape index (κ1) is 13.8. The van der Waals surface area contributed by atoms with Crippen molar-refractivity contribution in [2.45, 2.75) is 32.4 Å². The molecule has 2 unspecified atom stereocenters. The van der Waals surface area contributed by atoms with Crippen molar-refractivity contribution in [3.8, 4) is 0 Å². The van der Waals surface area contributed by atoms with Gasteiger partial charge in [-0.15, -0.1) is 0 Å². The smallest absolute Gasteiger partial charge is 0.0667 e. The molecular formula is C10H24N2O2. The first-order valence-electron chi connectivity index (χ1n) is 5.13. The minimum Gasteiger partial charge on any atom is -0.380 e. The highest BCUT2D eigenvalue weighted by atomic mass is 16.5. The Morgan fingerprint density at radius 3 is 2.57 bits per heavy atom. The van der Waals surface area contributed by atoms with Gasteiger partial charge in [-0.2, -0.15) is 0 Å². The molecule has 0 rings (SSSR count). The van der Waals surface area contributed by atoms with Crippen LogP contribution in [0.5, 0.6) is 0 Å². The lowest BCUT2D eigenvalue weighted by Gasteiger charge is -2.30. The molecule has 86 valence electrons. The van der Waals surface area contributed by atoms with Crippen LogP contribution in [-0.2, 0) is 9.47 Å². The third kappa shape index (κ3) is 5.54. The summed E-state index contributed by atoms with van der Waals surface area (Å²) in [6.45, 7) is 8.76. The minimum atomic E-state index is -0.150. The molecule has 14 heavy (non-hydrogen) atoms. The fourth-order valence-corrected chi connectivity index (χ4v) is 0.983. The Kier molecular flexibility index (Phi) is 7.09. The van der Waals surface area contributed by atoms with Crippen LogP contribution in [-0.4, -0.2) is 45.1 Å². The summed E-state index contributed by atoms with van der Waals surface area (Å²) in [5.74, 6) is 0. The van der Waals surface area contributed by atoms with E-state index in [0.29, 0.717) is 13.2 Å². The Labute approximate surface area is 87.1 Å². The molecule has 0 amide bonds. The van der Waals surface area contributed by atoms with Gasteiger partial charge in [0.05, 0.1) is 18.2 Å². The van der Waals surface area contributed by atoms with Crippen LogP contribution in [0.4, 0.5) is 0 Å². The zero-order valence-corrected chi connectivity index (χ0v) is 9.80. The fraction of sp³-hybridized carbons (Fsp3) is 1.00. The van der Waals surface area contributed by atoms with Crippen LogP contribution in [0.1, 0.15) is 20.8 Å². The molecule has 4 nitrogen and oxygen atoms in total. The Morgan fingerprint density at radius 1 is 1.50 bits per heavy atom. The van der Waals surface area contributed by atoms with Crippen LogP contribution in [0.2, 0.25) is 0 Å². The lowest BCUT2D eigenvalue weighted by atomic mass is 10.0. The molecule has 0 aliphatic carbocycles. The highest BCUT2D eigenvalue weighted by molar-refractivity contribution is 4.84. The maximum atomic E-state index is 5.69. The van der Waals surface area contributed by atoms with Crippen LogP contribution in [0, 0.1) is 0 Å². The molecule has 3 N–H and O–H groups in total. The molecule has 0 bridgehead atoms. The van der Waals surface area contributed by atoms with Crippen molar-refractivity contribution in [2.24, 2.45) is 5.73 Å². The average molecular weight is 204 g/mol. The molecule has 0 radical (unpaired) electrons. The summed E-state index contributed by atoms with van der Waals surface area (Å²) < 4.78 is 10.5. The first-order valence-corrected chi connectivity index (χ1v) is 5.13. The maximum absolute atomic E-state index is 5.69. The van der Waals surface area contributed by atoms with Gasteiger partial charge in [-0.3, -0.25) is 0 Å². The van der Waals surface area contributed by atoms with Gasteiger partial charge in [0.1, 0.15) is 0 Å². The van der Waals surface area contributed by atoms with Gasteiger partial charge in [0.15, 0.2) is 0 Å². The van der Waals surface area contributed by atoms with Gasteiger partial charge in [-0.25, -0.2) is 0 Å². The molecular weight excluding hydrogens is 180 g/mol. The van der Waals surface area contributed by atoms with Crippen molar-refractivity contribution < 1.29 is 9.47 Å². The second kappa shape index (κ2) is 7.17. The third-order valence-corrected chi connectivity index (χ3v) is 2.29. The van der Waals surface area contributed by atoms with Gasteiger partial charge in [-0.05, 0) is 20.8 Å². The van der Waals surface area contributed by atoms with Crippen LogP contribution in [0.3, 0.4) is 0 Å². The molecule has 0 aromatic heterocycles. The van der Waals surface area contributed by atoms with Gasteiger partial charge < -0.3 is 20.5 Å². The average Bonchev–Trinajstić information content (AvgIpc) is 2.23. The standard InChI is InChI=1S/C10H24N2O2/c1-5-14-8-10(3,7-11)12-6-9(2)13-4/h9,12H,5-8,11H2,1-4H3. The van der Waals surface area contributed by atoms with Crippen molar-refractivity contribution in [2.75, 3.05) is 33.4 Å². The highest BCUT2D eigenvalue weighted by Gasteiger charge is 2.22. The zero-order chi connectivity index (χ0) is 11.0. The zero-order valence-electron chi connectivity index (χ0n) is 9.80. The third-order valence-electron chi connectivity index (χ3n) is 2.29. The number of hydrogen-bond acceptors (Lipinski definition) is 4. The number of nitrogens with two attached hydrogens (primary N) is 1. The lowest BCUT2D eigenvalue weighted by molar-refractivity contribution is 0.0680. The molecule has 0 saturated carbocycles. The second-order valence-electron chi connectivity index (χ2n) is 3.83. The maximum Gasteiger partial charge on any atom is 0.0667 e. The number of nitrogens with one attached hydrogen (secondary N) is 1. The molecule has 0 aliphatic heterocycles. The summed E-state index contributed by atoms with van der Waals surface area (Å²) in [6.07, 6.45) is 0.197. The molecule has 0 aliphatic rings. The van der Waals surface area contributed by atoms with E-state index in [4.69, 9.17) is 15.2 Å². The number of methoxy groups -OCH3 is 1. The van der Waals surface area contributed by atoms with E-state index in [1.165, 1.54) is 0 Å². The fourth-order valence-electron chi connectivity index (χ4n) is 0.983. The second-order valence-corrected chi connectivity index (χ2v) is 3.83. The van der Waals surface area contributed by atoms with Crippen LogP contribution in [0.25, 0.3) is 0 Å². The van der Waals surface area contributed by atoms with E-state index in [0.717, 1.165) is 13.2 Å². The van der Waals surface area contributed by atoms with E-state index in [-0.39, 0.29) is 11.6 Å². The molecule has 4 heteroatoms. The van der Waals surface area contributed by atoms with Crippen molar-refractivity contribution in [1.29, 1.82) is 0 Å². The van der Waals surface area contributed by atoms with Crippen LogP contribution >= 0.6 is 0 Å². The minimum absolute atomic E-state index is 0.150. The topological polar surface area (TPSA) is 56.5 Å². The molecule has 0 aromatic carbocycles. The molecule has 2 atom stereocenters. The van der Waals surface area contributed by atoms with Crippen molar-refractivity contribution >= 4 is 0 Å². The molecule has 0 aromatic rings. The largest absolute Gasteiger partial charge is 0.380 e. The monoisotopic (exact) mass is 204 g/mol. The lowest BCUT2D eigenvalue weighted by Crippen LogP contribution is -2.54. The van der Waals surface area contributed by atoms with E-state index >= 15 is 0 Å². The quantitative estimate of drug-likeness (QED) is 0.599. The Balaban J connectivity index is 3.85. The highest BCUT2D eigenvalue weighted by Crippen LogP contribution is 2.02. The SMILES string of the molecule is CCOCC(C)(CN)NCC(C)OC. The molecule has 0 spiro atoms. The van der Waals surface area contributed by atoms with Gasteiger partial charge in [0.2, 0.25) is 0 Å². The van der Waals surface area contributed by atoms with Crippen LogP contribution in [0.15, 0.2) is 0 Å². The molecule has 0 heterocycles. The Morgan fingerprint density at radius 2 is 2.14 bits per heavy atom. The number of hydrogen-bond donors (Lipinski definition) is 2. The molecule has 0 saturated heterocycles. The summed E-state index contributed by atoms with van der Waals surface area (Å²) in [7, 11) is 1.70. The van der Waals surface area contributed by atoms with E-state index < -0.39 is 0 Å². The predicted molar refractivity (Wildman–Crippen MR) is 58.4 cm³/mol.